The van der Waals surface area contributed by atoms with Crippen molar-refractivity contribution in [2.24, 2.45) is 0 Å². The first-order valence-electron chi connectivity index (χ1n) is 7.66. The lowest BCUT2D eigenvalue weighted by Gasteiger charge is -2.19. The summed E-state index contributed by atoms with van der Waals surface area (Å²) < 4.78 is 10.9. The van der Waals surface area contributed by atoms with Gasteiger partial charge in [0, 0.05) is 13.0 Å². The van der Waals surface area contributed by atoms with Crippen LogP contribution in [-0.4, -0.2) is 35.0 Å². The van der Waals surface area contributed by atoms with Gasteiger partial charge in [-0.05, 0) is 25.0 Å². The molecule has 7 heteroatoms. The Hall–Kier alpha value is -2.02. The van der Waals surface area contributed by atoms with Crippen molar-refractivity contribution in [1.29, 1.82) is 0 Å². The third kappa shape index (κ3) is 3.34. The minimum absolute atomic E-state index is 0.0507. The Morgan fingerprint density at radius 3 is 3.00 bits per heavy atom. The number of hydrogen-bond donors (Lipinski definition) is 0. The van der Waals surface area contributed by atoms with Crippen LogP contribution in [0.3, 0.4) is 0 Å². The molecule has 23 heavy (non-hydrogen) atoms. The Balaban J connectivity index is 1.71. The van der Waals surface area contributed by atoms with Crippen LogP contribution in [0.2, 0.25) is 0 Å². The summed E-state index contributed by atoms with van der Waals surface area (Å²) in [6.07, 6.45) is 2.46. The monoisotopic (exact) mass is 333 g/mol. The van der Waals surface area contributed by atoms with Gasteiger partial charge >= 0.3 is 0 Å². The molecule has 0 unspecified atom stereocenters. The molecular weight excluding hydrogens is 314 g/mol. The topological polar surface area (TPSA) is 68.5 Å². The van der Waals surface area contributed by atoms with Crippen LogP contribution in [0, 0.1) is 0 Å². The fourth-order valence-corrected chi connectivity index (χ4v) is 3.50. The van der Waals surface area contributed by atoms with Crippen LogP contribution in [0.4, 0.5) is 5.69 Å². The van der Waals surface area contributed by atoms with Gasteiger partial charge in [-0.2, -0.15) is 0 Å². The smallest absolute Gasteiger partial charge is 0.277 e. The number of hydrogen-bond acceptors (Lipinski definition) is 6. The maximum atomic E-state index is 12.7. The van der Waals surface area contributed by atoms with E-state index in [1.807, 2.05) is 24.3 Å². The zero-order valence-electron chi connectivity index (χ0n) is 13.2. The number of para-hydroxylation sites is 2. The molecule has 1 saturated heterocycles. The largest absolute Gasteiger partial charge is 0.495 e. The van der Waals surface area contributed by atoms with E-state index < -0.39 is 0 Å². The number of methoxy groups -OCH3 is 1. The summed E-state index contributed by atoms with van der Waals surface area (Å²) in [5.74, 6) is 1.38. The molecule has 122 valence electrons. The van der Waals surface area contributed by atoms with Crippen molar-refractivity contribution >= 4 is 23.4 Å². The first-order chi connectivity index (χ1) is 11.2. The van der Waals surface area contributed by atoms with Gasteiger partial charge in [0.1, 0.15) is 5.75 Å². The average molecular weight is 333 g/mol. The van der Waals surface area contributed by atoms with E-state index in [4.69, 9.17) is 9.15 Å². The number of ether oxygens (including phenoxy) is 1. The highest BCUT2D eigenvalue weighted by Crippen LogP contribution is 2.36. The minimum Gasteiger partial charge on any atom is -0.495 e. The molecule has 1 aliphatic heterocycles. The van der Waals surface area contributed by atoms with Crippen LogP contribution in [0.5, 0.6) is 5.75 Å². The maximum Gasteiger partial charge on any atom is 0.277 e. The molecule has 6 nitrogen and oxygen atoms in total. The summed E-state index contributed by atoms with van der Waals surface area (Å²) >= 11 is 1.35. The highest BCUT2D eigenvalue weighted by molar-refractivity contribution is 8.00. The maximum absolute atomic E-state index is 12.7. The van der Waals surface area contributed by atoms with Gasteiger partial charge in [-0.1, -0.05) is 30.8 Å². The molecule has 1 aromatic heterocycles. The number of thioether (sulfide) groups is 1. The number of amides is 1. The van der Waals surface area contributed by atoms with E-state index in [1.54, 1.807) is 12.0 Å². The van der Waals surface area contributed by atoms with Gasteiger partial charge in [-0.3, -0.25) is 4.79 Å². The molecule has 1 aliphatic rings. The standard InChI is InChI=1S/C16H19N3O3S/c1-3-6-14-17-18-16(22-14)23-13-9-10-19(15(13)20)11-7-4-5-8-12(11)21-2/h4-5,7-8,13H,3,6,9-10H2,1-2H3/t13-/m1/s1. The van der Waals surface area contributed by atoms with Crippen LogP contribution < -0.4 is 9.64 Å². The van der Waals surface area contributed by atoms with Crippen LogP contribution in [0.25, 0.3) is 0 Å². The molecule has 0 bridgehead atoms. The Morgan fingerprint density at radius 1 is 1.39 bits per heavy atom. The number of anilines is 1. The SMILES string of the molecule is CCCc1nnc(S[C@@H]2CCN(c3ccccc3OC)C2=O)o1. The summed E-state index contributed by atoms with van der Waals surface area (Å²) in [4.78, 5) is 14.4. The Kier molecular flexibility index (Phi) is 4.85. The molecule has 2 aromatic rings. The van der Waals surface area contributed by atoms with Crippen molar-refractivity contribution in [2.45, 2.75) is 36.7 Å². The van der Waals surface area contributed by atoms with Crippen molar-refractivity contribution in [1.82, 2.24) is 10.2 Å². The Morgan fingerprint density at radius 2 is 2.22 bits per heavy atom. The number of rotatable bonds is 6. The van der Waals surface area contributed by atoms with E-state index >= 15 is 0 Å². The van der Waals surface area contributed by atoms with Crippen LogP contribution in [0.1, 0.15) is 25.7 Å². The second-order valence-corrected chi connectivity index (χ2v) is 6.42. The van der Waals surface area contributed by atoms with E-state index in [0.717, 1.165) is 24.9 Å². The minimum atomic E-state index is -0.199. The number of aromatic nitrogens is 2. The number of nitrogens with zero attached hydrogens (tertiary/aromatic N) is 3. The quantitative estimate of drug-likeness (QED) is 0.809. The highest BCUT2D eigenvalue weighted by atomic mass is 32.2. The van der Waals surface area contributed by atoms with Gasteiger partial charge in [0.25, 0.3) is 5.22 Å². The fraction of sp³-hybridized carbons (Fsp3) is 0.438. The summed E-state index contributed by atoms with van der Waals surface area (Å²) in [6, 6.07) is 7.55. The van der Waals surface area contributed by atoms with Crippen LogP contribution in [0.15, 0.2) is 33.9 Å². The molecule has 0 saturated carbocycles. The van der Waals surface area contributed by atoms with Crippen molar-refractivity contribution in [3.8, 4) is 5.75 Å². The van der Waals surface area contributed by atoms with Gasteiger partial charge in [0.05, 0.1) is 18.0 Å². The molecule has 0 N–H and O–H groups in total. The summed E-state index contributed by atoms with van der Waals surface area (Å²) in [6.45, 7) is 2.72. The van der Waals surface area contributed by atoms with Gasteiger partial charge in [-0.25, -0.2) is 0 Å². The van der Waals surface area contributed by atoms with E-state index in [0.29, 0.717) is 23.4 Å². The van der Waals surface area contributed by atoms with Crippen molar-refractivity contribution in [3.63, 3.8) is 0 Å². The lowest BCUT2D eigenvalue weighted by atomic mass is 10.2. The molecule has 1 amide bonds. The number of carbonyl (C=O) groups is 1. The zero-order chi connectivity index (χ0) is 16.2. The molecule has 3 rings (SSSR count). The summed E-state index contributed by atoms with van der Waals surface area (Å²) in [5.41, 5.74) is 0.806. The molecule has 1 aromatic carbocycles. The average Bonchev–Trinajstić information content (AvgIpc) is 3.16. The zero-order valence-corrected chi connectivity index (χ0v) is 14.0. The number of aryl methyl sites for hydroxylation is 1. The third-order valence-corrected chi connectivity index (χ3v) is 4.78. The fourth-order valence-electron chi connectivity index (χ4n) is 2.58. The second-order valence-electron chi connectivity index (χ2n) is 5.27. The second kappa shape index (κ2) is 7.04. The Labute approximate surface area is 139 Å². The van der Waals surface area contributed by atoms with Crippen molar-refractivity contribution < 1.29 is 13.9 Å². The number of benzene rings is 1. The highest BCUT2D eigenvalue weighted by Gasteiger charge is 2.35. The molecule has 0 radical (unpaired) electrons. The molecular formula is C16H19N3O3S. The first kappa shape index (κ1) is 15.9. The lowest BCUT2D eigenvalue weighted by molar-refractivity contribution is -0.116. The Bertz CT molecular complexity index is 689. The van der Waals surface area contributed by atoms with Gasteiger partial charge < -0.3 is 14.1 Å². The molecule has 2 heterocycles. The summed E-state index contributed by atoms with van der Waals surface area (Å²) in [5, 5.41) is 8.28. The predicted molar refractivity (Wildman–Crippen MR) is 87.9 cm³/mol. The van der Waals surface area contributed by atoms with Gasteiger partial charge in [0.15, 0.2) is 0 Å². The molecule has 1 fully saturated rings. The van der Waals surface area contributed by atoms with E-state index in [2.05, 4.69) is 17.1 Å². The van der Waals surface area contributed by atoms with Gasteiger partial charge in [0.2, 0.25) is 11.8 Å². The summed E-state index contributed by atoms with van der Waals surface area (Å²) in [7, 11) is 1.61. The van der Waals surface area contributed by atoms with Gasteiger partial charge in [-0.15, -0.1) is 10.2 Å². The van der Waals surface area contributed by atoms with E-state index in [1.165, 1.54) is 11.8 Å². The molecule has 0 spiro atoms. The lowest BCUT2D eigenvalue weighted by Crippen LogP contribution is -2.28. The molecule has 1 atom stereocenters. The first-order valence-corrected chi connectivity index (χ1v) is 8.54. The van der Waals surface area contributed by atoms with Crippen LogP contribution >= 0.6 is 11.8 Å². The predicted octanol–water partition coefficient (Wildman–Crippen LogP) is 2.93. The van der Waals surface area contributed by atoms with Crippen molar-refractivity contribution in [2.75, 3.05) is 18.6 Å². The molecule has 0 aliphatic carbocycles. The third-order valence-electron chi connectivity index (χ3n) is 3.69. The normalized spacial score (nSPS) is 17.7. The van der Waals surface area contributed by atoms with Crippen LogP contribution in [-0.2, 0) is 11.2 Å². The van der Waals surface area contributed by atoms with E-state index in [9.17, 15) is 4.79 Å². The van der Waals surface area contributed by atoms with E-state index in [-0.39, 0.29) is 11.2 Å². The number of carbonyl (C=O) groups excluding carboxylic acids is 1. The van der Waals surface area contributed by atoms with Crippen molar-refractivity contribution in [3.05, 3.63) is 30.2 Å².